The molecule has 5 rings (SSSR count). The summed E-state index contributed by atoms with van der Waals surface area (Å²) < 4.78 is 1.77. The Morgan fingerprint density at radius 3 is 2.60 bits per heavy atom. The lowest BCUT2D eigenvalue weighted by Crippen LogP contribution is -2.45. The summed E-state index contributed by atoms with van der Waals surface area (Å²) in [4.78, 5) is 20.6. The van der Waals surface area contributed by atoms with E-state index >= 15 is 0 Å². The van der Waals surface area contributed by atoms with E-state index in [1.807, 2.05) is 13.2 Å². The van der Waals surface area contributed by atoms with Crippen LogP contribution in [0.25, 0.3) is 10.3 Å². The molecule has 0 amide bonds. The topological polar surface area (TPSA) is 87.0 Å². The maximum atomic E-state index is 4.84. The zero-order valence-corrected chi connectivity index (χ0v) is 22.3. The molecule has 1 unspecified atom stereocenters. The summed E-state index contributed by atoms with van der Waals surface area (Å²) in [5.74, 6) is 1.43. The molecule has 0 spiro atoms. The van der Waals surface area contributed by atoms with E-state index < -0.39 is 0 Å². The highest BCUT2D eigenvalue weighted by molar-refractivity contribution is 7.18. The minimum atomic E-state index is 0.409. The molecule has 0 radical (unpaired) electrons. The Kier molecular flexibility index (Phi) is 7.50. The number of fused-ring (bicyclic) bond motifs is 1. The van der Waals surface area contributed by atoms with Crippen LogP contribution in [0.1, 0.15) is 57.4 Å². The van der Waals surface area contributed by atoms with Gasteiger partial charge in [-0.05, 0) is 72.0 Å². The third kappa shape index (κ3) is 5.76. The van der Waals surface area contributed by atoms with Gasteiger partial charge in [0.15, 0.2) is 10.6 Å². The van der Waals surface area contributed by atoms with Gasteiger partial charge in [-0.25, -0.2) is 4.98 Å². The average Bonchev–Trinajstić information content (AvgIpc) is 3.60. The van der Waals surface area contributed by atoms with E-state index in [4.69, 9.17) is 15.0 Å². The first-order chi connectivity index (χ1) is 17.0. The summed E-state index contributed by atoms with van der Waals surface area (Å²) in [5.41, 5.74) is 1.77. The molecule has 0 bridgehead atoms. The molecule has 9 nitrogen and oxygen atoms in total. The second kappa shape index (κ2) is 10.8. The largest absolute Gasteiger partial charge is 0.365 e. The molecule has 2 aliphatic rings. The van der Waals surface area contributed by atoms with E-state index in [1.54, 1.807) is 22.2 Å². The van der Waals surface area contributed by atoms with Crippen molar-refractivity contribution < 1.29 is 0 Å². The first kappa shape index (κ1) is 24.4. The molecule has 1 saturated heterocycles. The molecule has 0 aromatic carbocycles. The standard InChI is InChI=1S/C25H39N9S/c1-5-21-29-22-23(30-25(31-24(22)35-21)28-19-14-26-33(4)16-19)27-18-8-10-20(11-9-18)32(3)15-17(2)34-12-6-7-13-34/h14,16-18,20H,5-13,15H2,1-4H3,(H2,27,28,30,31)/t17?,18-,20-. The van der Waals surface area contributed by atoms with Crippen LogP contribution in [0.5, 0.6) is 0 Å². The van der Waals surface area contributed by atoms with Crippen LogP contribution >= 0.6 is 11.3 Å². The van der Waals surface area contributed by atoms with Crippen LogP contribution in [0.2, 0.25) is 0 Å². The van der Waals surface area contributed by atoms with Gasteiger partial charge in [-0.1, -0.05) is 18.3 Å². The predicted octanol–water partition coefficient (Wildman–Crippen LogP) is 4.27. The highest BCUT2D eigenvalue weighted by Gasteiger charge is 2.27. The predicted molar refractivity (Wildman–Crippen MR) is 144 cm³/mol. The summed E-state index contributed by atoms with van der Waals surface area (Å²) in [5, 5.41) is 12.4. The quantitative estimate of drug-likeness (QED) is 0.453. The lowest BCUT2D eigenvalue weighted by atomic mass is 9.90. The van der Waals surface area contributed by atoms with Crippen molar-refractivity contribution in [1.29, 1.82) is 0 Å². The number of nitrogens with one attached hydrogen (secondary N) is 2. The molecular weight excluding hydrogens is 458 g/mol. The number of thiazole rings is 1. The Morgan fingerprint density at radius 2 is 1.91 bits per heavy atom. The van der Waals surface area contributed by atoms with Gasteiger partial charge in [-0.3, -0.25) is 9.58 Å². The summed E-state index contributed by atoms with van der Waals surface area (Å²) in [7, 11) is 4.22. The number of hydrogen-bond donors (Lipinski definition) is 2. The molecule has 3 aromatic rings. The number of aryl methyl sites for hydroxylation is 2. The monoisotopic (exact) mass is 497 g/mol. The summed E-state index contributed by atoms with van der Waals surface area (Å²) in [6.45, 7) is 8.23. The van der Waals surface area contributed by atoms with Crippen LogP contribution in [0, 0.1) is 0 Å². The zero-order valence-electron chi connectivity index (χ0n) is 21.5. The number of nitrogens with zero attached hydrogens (tertiary/aromatic N) is 7. The number of likely N-dealkylation sites (N-methyl/N-ethyl adjacent to an activating group) is 1. The van der Waals surface area contributed by atoms with Crippen molar-refractivity contribution in [3.8, 4) is 0 Å². The Hall–Kier alpha value is -2.30. The molecule has 35 heavy (non-hydrogen) atoms. The molecule has 1 aliphatic carbocycles. The van der Waals surface area contributed by atoms with Gasteiger partial charge in [0.25, 0.3) is 0 Å². The number of hydrogen-bond acceptors (Lipinski definition) is 9. The summed E-state index contributed by atoms with van der Waals surface area (Å²) >= 11 is 1.65. The van der Waals surface area contributed by atoms with Crippen molar-refractivity contribution in [1.82, 2.24) is 34.5 Å². The Morgan fingerprint density at radius 1 is 1.14 bits per heavy atom. The van der Waals surface area contributed by atoms with Gasteiger partial charge in [0.05, 0.1) is 16.9 Å². The van der Waals surface area contributed by atoms with E-state index in [2.05, 4.69) is 46.4 Å². The summed E-state index contributed by atoms with van der Waals surface area (Å²) in [6, 6.07) is 1.72. The number of rotatable bonds is 9. The molecule has 1 atom stereocenters. The van der Waals surface area contributed by atoms with E-state index in [0.29, 0.717) is 24.1 Å². The maximum Gasteiger partial charge on any atom is 0.230 e. The van der Waals surface area contributed by atoms with Crippen LogP contribution in [0.15, 0.2) is 12.4 Å². The first-order valence-electron chi connectivity index (χ1n) is 13.1. The highest BCUT2D eigenvalue weighted by Crippen LogP contribution is 2.31. The molecule has 1 saturated carbocycles. The number of likely N-dealkylation sites (tertiary alicyclic amines) is 1. The third-order valence-corrected chi connectivity index (χ3v) is 8.64. The number of aromatic nitrogens is 5. The van der Waals surface area contributed by atoms with Gasteiger partial charge in [0.1, 0.15) is 5.52 Å². The maximum absolute atomic E-state index is 4.84. The highest BCUT2D eigenvalue weighted by atomic mass is 32.1. The van der Waals surface area contributed by atoms with Crippen molar-refractivity contribution in [2.45, 2.75) is 76.9 Å². The van der Waals surface area contributed by atoms with E-state index in [0.717, 1.165) is 52.7 Å². The Bertz CT molecular complexity index is 1110. The van der Waals surface area contributed by atoms with Crippen LogP contribution < -0.4 is 10.6 Å². The van der Waals surface area contributed by atoms with Gasteiger partial charge in [0.2, 0.25) is 5.95 Å². The lowest BCUT2D eigenvalue weighted by molar-refractivity contribution is 0.133. The van der Waals surface area contributed by atoms with Crippen LogP contribution in [0.3, 0.4) is 0 Å². The van der Waals surface area contributed by atoms with Crippen molar-refractivity contribution >= 4 is 39.1 Å². The zero-order chi connectivity index (χ0) is 24.4. The minimum absolute atomic E-state index is 0.409. The fourth-order valence-corrected chi connectivity index (χ4v) is 6.38. The Balaban J connectivity index is 1.24. The van der Waals surface area contributed by atoms with Gasteiger partial charge >= 0.3 is 0 Å². The Labute approximate surface area is 212 Å². The molecule has 2 N–H and O–H groups in total. The smallest absolute Gasteiger partial charge is 0.230 e. The fraction of sp³-hybridized carbons (Fsp3) is 0.680. The second-order valence-corrected chi connectivity index (χ2v) is 11.3. The molecule has 10 heteroatoms. The molecule has 3 aromatic heterocycles. The molecule has 190 valence electrons. The molecular formula is C25H39N9S. The summed E-state index contributed by atoms with van der Waals surface area (Å²) in [6.07, 6.45) is 12.1. The third-order valence-electron chi connectivity index (χ3n) is 7.54. The molecule has 4 heterocycles. The van der Waals surface area contributed by atoms with E-state index in [9.17, 15) is 0 Å². The van der Waals surface area contributed by atoms with Gasteiger partial charge in [-0.15, -0.1) is 0 Å². The fourth-order valence-electron chi connectivity index (χ4n) is 5.51. The van der Waals surface area contributed by atoms with Gasteiger partial charge in [-0.2, -0.15) is 15.1 Å². The number of anilines is 3. The molecule has 1 aliphatic heterocycles. The van der Waals surface area contributed by atoms with Gasteiger partial charge < -0.3 is 15.5 Å². The van der Waals surface area contributed by atoms with Crippen LogP contribution in [-0.4, -0.2) is 79.3 Å². The van der Waals surface area contributed by atoms with Crippen molar-refractivity contribution in [2.75, 3.05) is 37.3 Å². The van der Waals surface area contributed by atoms with Crippen LogP contribution in [0.4, 0.5) is 17.5 Å². The molecule has 2 fully saturated rings. The average molecular weight is 498 g/mol. The second-order valence-electron chi connectivity index (χ2n) is 10.2. The van der Waals surface area contributed by atoms with E-state index in [-0.39, 0.29) is 0 Å². The van der Waals surface area contributed by atoms with Gasteiger partial charge in [0, 0.05) is 37.9 Å². The minimum Gasteiger partial charge on any atom is -0.365 e. The lowest BCUT2D eigenvalue weighted by Gasteiger charge is -2.37. The van der Waals surface area contributed by atoms with Crippen molar-refractivity contribution in [3.05, 3.63) is 17.4 Å². The van der Waals surface area contributed by atoms with Crippen LogP contribution in [-0.2, 0) is 13.5 Å². The SMILES string of the molecule is CCc1nc2c(N[C@H]3CC[C@H](N(C)CC(C)N4CCCC4)CC3)nc(Nc3cnn(C)c3)nc2s1. The van der Waals surface area contributed by atoms with Crippen molar-refractivity contribution in [2.24, 2.45) is 7.05 Å². The van der Waals surface area contributed by atoms with Crippen molar-refractivity contribution in [3.63, 3.8) is 0 Å². The normalized spacial score (nSPS) is 22.2. The van der Waals surface area contributed by atoms with E-state index in [1.165, 1.54) is 38.8 Å². The first-order valence-corrected chi connectivity index (χ1v) is 13.9.